The SMILES string of the molecule is Cc1cc(N2CCc3c(c(C(F)(F)F)nn3CC34CCC(N)(CC3)CC4)C2)c2cnn(C)c2n1. The number of aromatic nitrogens is 5. The minimum absolute atomic E-state index is 0.0188. The highest BCUT2D eigenvalue weighted by atomic mass is 19.4. The number of aryl methyl sites for hydroxylation is 2. The fraction of sp³-hybridized carbons (Fsp3) is 0.625. The minimum atomic E-state index is -4.49. The van der Waals surface area contributed by atoms with Gasteiger partial charge in [-0.1, -0.05) is 0 Å². The Morgan fingerprint density at radius 3 is 2.50 bits per heavy atom. The Balaban J connectivity index is 1.37. The third-order valence-electron chi connectivity index (χ3n) is 8.50. The first-order chi connectivity index (χ1) is 16.1. The van der Waals surface area contributed by atoms with Crippen molar-refractivity contribution in [1.29, 1.82) is 0 Å². The van der Waals surface area contributed by atoms with E-state index in [9.17, 15) is 13.2 Å². The number of anilines is 1. The molecule has 0 atom stereocenters. The molecule has 0 spiro atoms. The molecule has 1 aliphatic heterocycles. The third-order valence-corrected chi connectivity index (χ3v) is 8.50. The van der Waals surface area contributed by atoms with Crippen molar-refractivity contribution in [3.8, 4) is 0 Å². The number of fused-ring (bicyclic) bond motifs is 5. The summed E-state index contributed by atoms with van der Waals surface area (Å²) in [7, 11) is 1.82. The maximum atomic E-state index is 14.1. The summed E-state index contributed by atoms with van der Waals surface area (Å²) in [5.41, 5.74) is 9.13. The molecule has 3 aromatic heterocycles. The monoisotopic (exact) mass is 473 g/mol. The van der Waals surface area contributed by atoms with E-state index in [4.69, 9.17) is 5.73 Å². The molecule has 3 saturated carbocycles. The molecule has 182 valence electrons. The van der Waals surface area contributed by atoms with Crippen molar-refractivity contribution in [2.45, 2.75) is 76.7 Å². The number of halogens is 3. The largest absolute Gasteiger partial charge is 0.435 e. The molecule has 3 aliphatic carbocycles. The van der Waals surface area contributed by atoms with Crippen molar-refractivity contribution in [3.63, 3.8) is 0 Å². The lowest BCUT2D eigenvalue weighted by atomic mass is 9.57. The van der Waals surface area contributed by atoms with Crippen LogP contribution < -0.4 is 10.6 Å². The first kappa shape index (κ1) is 21.9. The van der Waals surface area contributed by atoms with Crippen LogP contribution in [0.25, 0.3) is 11.0 Å². The van der Waals surface area contributed by atoms with E-state index in [1.54, 1.807) is 15.6 Å². The summed E-state index contributed by atoms with van der Waals surface area (Å²) in [6.07, 6.45) is 3.57. The van der Waals surface area contributed by atoms with Crippen LogP contribution in [0.1, 0.15) is 61.2 Å². The highest BCUT2D eigenvalue weighted by Crippen LogP contribution is 2.52. The van der Waals surface area contributed by atoms with Gasteiger partial charge in [0.2, 0.25) is 0 Å². The second-order valence-corrected chi connectivity index (χ2v) is 10.8. The van der Waals surface area contributed by atoms with Gasteiger partial charge in [0.25, 0.3) is 0 Å². The average molecular weight is 474 g/mol. The second kappa shape index (κ2) is 7.19. The molecule has 0 unspecified atom stereocenters. The smallest absolute Gasteiger partial charge is 0.366 e. The normalized spacial score (nSPS) is 26.9. The predicted octanol–water partition coefficient (Wildman–Crippen LogP) is 4.11. The van der Waals surface area contributed by atoms with Crippen LogP contribution in [0.2, 0.25) is 0 Å². The van der Waals surface area contributed by atoms with E-state index in [-0.39, 0.29) is 17.5 Å². The molecule has 2 bridgehead atoms. The summed E-state index contributed by atoms with van der Waals surface area (Å²) in [5, 5.41) is 9.37. The van der Waals surface area contributed by atoms with Crippen LogP contribution >= 0.6 is 0 Å². The van der Waals surface area contributed by atoms with E-state index in [1.807, 2.05) is 24.9 Å². The molecule has 34 heavy (non-hydrogen) atoms. The standard InChI is InChI=1S/C24H30F3N7/c1-15-11-19(16-12-29-32(2)21(16)30-15)33-10-3-18-17(13-33)20(24(25,26)27)31-34(18)14-22-4-7-23(28,8-5-22)9-6-22/h11-12H,3-10,13-14,28H2,1-2H3. The highest BCUT2D eigenvalue weighted by Gasteiger charge is 2.48. The van der Waals surface area contributed by atoms with Gasteiger partial charge in [-0.25, -0.2) is 4.98 Å². The predicted molar refractivity (Wildman–Crippen MR) is 122 cm³/mol. The minimum Gasteiger partial charge on any atom is -0.366 e. The molecule has 0 saturated heterocycles. The molecule has 4 heterocycles. The topological polar surface area (TPSA) is 77.8 Å². The lowest BCUT2D eigenvalue weighted by Gasteiger charge is -2.52. The molecular weight excluding hydrogens is 443 g/mol. The molecule has 0 amide bonds. The Labute approximate surface area is 196 Å². The highest BCUT2D eigenvalue weighted by molar-refractivity contribution is 5.89. The zero-order chi connectivity index (χ0) is 23.9. The number of pyridine rings is 1. The molecule has 7 rings (SSSR count). The van der Waals surface area contributed by atoms with E-state index >= 15 is 0 Å². The maximum absolute atomic E-state index is 14.1. The molecule has 2 N–H and O–H groups in total. The van der Waals surface area contributed by atoms with Crippen molar-refractivity contribution < 1.29 is 13.2 Å². The Hall–Kier alpha value is -2.62. The molecule has 4 aliphatic rings. The molecule has 0 aromatic carbocycles. The van der Waals surface area contributed by atoms with Crippen LogP contribution in [-0.4, -0.2) is 36.6 Å². The van der Waals surface area contributed by atoms with Gasteiger partial charge < -0.3 is 10.6 Å². The van der Waals surface area contributed by atoms with Gasteiger partial charge in [-0.05, 0) is 56.9 Å². The van der Waals surface area contributed by atoms with Crippen LogP contribution in [0.5, 0.6) is 0 Å². The fourth-order valence-electron chi connectivity index (χ4n) is 6.38. The number of alkyl halides is 3. The van der Waals surface area contributed by atoms with E-state index in [0.717, 1.165) is 66.6 Å². The first-order valence-electron chi connectivity index (χ1n) is 12.0. The van der Waals surface area contributed by atoms with Crippen LogP contribution in [0, 0.1) is 12.3 Å². The van der Waals surface area contributed by atoms with Crippen LogP contribution in [0.3, 0.4) is 0 Å². The van der Waals surface area contributed by atoms with Gasteiger partial charge in [0, 0.05) is 55.6 Å². The molecule has 0 radical (unpaired) electrons. The van der Waals surface area contributed by atoms with Gasteiger partial charge in [-0.15, -0.1) is 0 Å². The van der Waals surface area contributed by atoms with Gasteiger partial charge >= 0.3 is 6.18 Å². The summed E-state index contributed by atoms with van der Waals surface area (Å²) >= 11 is 0. The molecular formula is C24H30F3N7. The lowest BCUT2D eigenvalue weighted by molar-refractivity contribution is -0.142. The number of nitrogens with two attached hydrogens (primary N) is 1. The van der Waals surface area contributed by atoms with Gasteiger partial charge in [-0.3, -0.25) is 9.36 Å². The molecule has 7 nitrogen and oxygen atoms in total. The van der Waals surface area contributed by atoms with Gasteiger partial charge in [0.15, 0.2) is 11.3 Å². The molecule has 10 heteroatoms. The lowest BCUT2D eigenvalue weighted by Crippen LogP contribution is -2.53. The number of rotatable bonds is 3. The average Bonchev–Trinajstić information content (AvgIpc) is 3.35. The van der Waals surface area contributed by atoms with E-state index < -0.39 is 11.9 Å². The fourth-order valence-corrected chi connectivity index (χ4v) is 6.38. The van der Waals surface area contributed by atoms with Crippen LogP contribution in [0.4, 0.5) is 18.9 Å². The van der Waals surface area contributed by atoms with Crippen LogP contribution in [0.15, 0.2) is 12.3 Å². The summed E-state index contributed by atoms with van der Waals surface area (Å²) in [4.78, 5) is 6.57. The van der Waals surface area contributed by atoms with Gasteiger partial charge in [0.05, 0.1) is 17.3 Å². The summed E-state index contributed by atoms with van der Waals surface area (Å²) in [6.45, 7) is 3.26. The van der Waals surface area contributed by atoms with Crippen molar-refractivity contribution in [2.75, 3.05) is 11.4 Å². The van der Waals surface area contributed by atoms with E-state index in [2.05, 4.69) is 15.2 Å². The van der Waals surface area contributed by atoms with E-state index in [1.165, 1.54) is 0 Å². The zero-order valence-corrected chi connectivity index (χ0v) is 19.6. The van der Waals surface area contributed by atoms with E-state index in [0.29, 0.717) is 25.1 Å². The second-order valence-electron chi connectivity index (χ2n) is 10.8. The zero-order valence-electron chi connectivity index (χ0n) is 19.6. The van der Waals surface area contributed by atoms with Gasteiger partial charge in [0.1, 0.15) is 0 Å². The van der Waals surface area contributed by atoms with Crippen molar-refractivity contribution in [3.05, 3.63) is 34.9 Å². The Kier molecular flexibility index (Phi) is 4.63. The van der Waals surface area contributed by atoms with Crippen LogP contribution in [-0.2, 0) is 32.7 Å². The number of nitrogens with zero attached hydrogens (tertiary/aromatic N) is 6. The molecule has 3 fully saturated rings. The number of hydrogen-bond donors (Lipinski definition) is 1. The maximum Gasteiger partial charge on any atom is 0.435 e. The van der Waals surface area contributed by atoms with Gasteiger partial charge in [-0.2, -0.15) is 23.4 Å². The van der Waals surface area contributed by atoms with Crippen molar-refractivity contribution >= 4 is 16.7 Å². The van der Waals surface area contributed by atoms with Crippen molar-refractivity contribution in [2.24, 2.45) is 18.2 Å². The Bertz CT molecular complexity index is 1250. The summed E-state index contributed by atoms with van der Waals surface area (Å²) in [5.74, 6) is 0. The molecule has 3 aromatic rings. The number of hydrogen-bond acceptors (Lipinski definition) is 5. The Morgan fingerprint density at radius 1 is 1.12 bits per heavy atom. The summed E-state index contributed by atoms with van der Waals surface area (Å²) in [6, 6.07) is 1.94. The third kappa shape index (κ3) is 3.40. The summed E-state index contributed by atoms with van der Waals surface area (Å²) < 4.78 is 45.8. The van der Waals surface area contributed by atoms with Crippen molar-refractivity contribution in [1.82, 2.24) is 24.5 Å². The Morgan fingerprint density at radius 2 is 1.82 bits per heavy atom. The first-order valence-corrected chi connectivity index (χ1v) is 12.0. The quantitative estimate of drug-likeness (QED) is 0.620.